The lowest BCUT2D eigenvalue weighted by atomic mass is 9.92. The van der Waals surface area contributed by atoms with Crippen LogP contribution in [0.1, 0.15) is 41.5 Å². The van der Waals surface area contributed by atoms with Crippen LogP contribution < -0.4 is 5.32 Å². The average molecular weight is 285 g/mol. The second-order valence-electron chi connectivity index (χ2n) is 7.57. The first kappa shape index (κ1) is 19.4. The minimum atomic E-state index is -0.0647. The van der Waals surface area contributed by atoms with Gasteiger partial charge in [-0.25, -0.2) is 0 Å². The van der Waals surface area contributed by atoms with Crippen molar-refractivity contribution in [1.82, 2.24) is 15.1 Å². The van der Waals surface area contributed by atoms with Gasteiger partial charge in [-0.15, -0.1) is 0 Å². The molecule has 120 valence electrons. The molecule has 1 atom stereocenters. The lowest BCUT2D eigenvalue weighted by molar-refractivity contribution is -0.128. The van der Waals surface area contributed by atoms with Crippen molar-refractivity contribution in [3.05, 3.63) is 0 Å². The summed E-state index contributed by atoms with van der Waals surface area (Å²) >= 11 is 0. The summed E-state index contributed by atoms with van der Waals surface area (Å²) in [5.41, 5.74) is 0.0804. The zero-order chi connectivity index (χ0) is 16.1. The summed E-state index contributed by atoms with van der Waals surface area (Å²) in [6, 6.07) is 0.299. The number of carbonyl (C=O) groups is 1. The molecule has 0 bridgehead atoms. The number of hydrogen-bond acceptors (Lipinski definition) is 3. The summed E-state index contributed by atoms with van der Waals surface area (Å²) in [5.74, 6) is 0.447. The van der Waals surface area contributed by atoms with Crippen molar-refractivity contribution in [3.8, 4) is 0 Å². The third-order valence-corrected chi connectivity index (χ3v) is 3.64. The van der Waals surface area contributed by atoms with E-state index >= 15 is 0 Å². The van der Waals surface area contributed by atoms with E-state index in [1.807, 2.05) is 7.05 Å². The standard InChI is InChI=1S/C16H35N3O/c1-12(2)14(19(9)13(3)4)15(20)17-10-16(5,6)11-18(7)8/h12-14H,10-11H2,1-9H3,(H,17,20)/t14-/m1/s1. The molecule has 0 heterocycles. The third kappa shape index (κ3) is 6.71. The highest BCUT2D eigenvalue weighted by Gasteiger charge is 2.29. The minimum absolute atomic E-state index is 0.0647. The van der Waals surface area contributed by atoms with E-state index < -0.39 is 0 Å². The summed E-state index contributed by atoms with van der Waals surface area (Å²) in [5, 5.41) is 3.14. The number of nitrogens with one attached hydrogen (secondary N) is 1. The van der Waals surface area contributed by atoms with Gasteiger partial charge in [0.25, 0.3) is 0 Å². The Labute approximate surface area is 125 Å². The van der Waals surface area contributed by atoms with E-state index in [2.05, 4.69) is 70.8 Å². The monoisotopic (exact) mass is 285 g/mol. The Hall–Kier alpha value is -0.610. The molecule has 0 aromatic heterocycles. The number of nitrogens with zero attached hydrogens (tertiary/aromatic N) is 2. The Morgan fingerprint density at radius 2 is 1.60 bits per heavy atom. The van der Waals surface area contributed by atoms with Gasteiger partial charge < -0.3 is 10.2 Å². The molecule has 0 spiro atoms. The van der Waals surface area contributed by atoms with Crippen molar-refractivity contribution in [2.75, 3.05) is 34.2 Å². The molecular formula is C16H35N3O. The maximum Gasteiger partial charge on any atom is 0.237 e. The molecule has 20 heavy (non-hydrogen) atoms. The number of carbonyl (C=O) groups excluding carboxylic acids is 1. The molecule has 0 fully saturated rings. The SMILES string of the molecule is CC(C)[C@H](C(=O)NCC(C)(C)CN(C)C)N(C)C(C)C. The molecule has 0 unspecified atom stereocenters. The van der Waals surface area contributed by atoms with Crippen molar-refractivity contribution in [1.29, 1.82) is 0 Å². The van der Waals surface area contributed by atoms with Gasteiger partial charge in [-0.3, -0.25) is 9.69 Å². The number of likely N-dealkylation sites (N-methyl/N-ethyl adjacent to an activating group) is 1. The van der Waals surface area contributed by atoms with Gasteiger partial charge in [0.05, 0.1) is 6.04 Å². The number of amides is 1. The van der Waals surface area contributed by atoms with Crippen molar-refractivity contribution >= 4 is 5.91 Å². The van der Waals surface area contributed by atoms with Crippen LogP contribution in [-0.2, 0) is 4.79 Å². The predicted octanol–water partition coefficient (Wildman–Crippen LogP) is 2.06. The van der Waals surface area contributed by atoms with Crippen LogP contribution in [0.4, 0.5) is 0 Å². The van der Waals surface area contributed by atoms with E-state index in [1.54, 1.807) is 0 Å². The molecule has 0 saturated heterocycles. The second kappa shape index (κ2) is 7.99. The molecule has 4 heteroatoms. The molecule has 0 aliphatic heterocycles. The van der Waals surface area contributed by atoms with Gasteiger partial charge in [0.1, 0.15) is 0 Å². The molecule has 0 rings (SSSR count). The molecule has 0 aromatic rings. The van der Waals surface area contributed by atoms with E-state index in [1.165, 1.54) is 0 Å². The van der Waals surface area contributed by atoms with Crippen molar-refractivity contribution in [3.63, 3.8) is 0 Å². The lowest BCUT2D eigenvalue weighted by Crippen LogP contribution is -2.52. The van der Waals surface area contributed by atoms with Crippen molar-refractivity contribution in [2.45, 2.75) is 53.6 Å². The first-order chi connectivity index (χ1) is 8.98. The minimum Gasteiger partial charge on any atom is -0.354 e. The van der Waals surface area contributed by atoms with Gasteiger partial charge in [0.15, 0.2) is 0 Å². The zero-order valence-corrected chi connectivity index (χ0v) is 14.9. The fraction of sp³-hybridized carbons (Fsp3) is 0.938. The average Bonchev–Trinajstić information content (AvgIpc) is 2.24. The number of rotatable bonds is 8. The van der Waals surface area contributed by atoms with Gasteiger partial charge in [-0.05, 0) is 46.3 Å². The van der Waals surface area contributed by atoms with Crippen molar-refractivity contribution in [2.24, 2.45) is 11.3 Å². The van der Waals surface area contributed by atoms with Gasteiger partial charge in [-0.2, -0.15) is 0 Å². The topological polar surface area (TPSA) is 35.6 Å². The fourth-order valence-corrected chi connectivity index (χ4v) is 2.62. The predicted molar refractivity (Wildman–Crippen MR) is 86.9 cm³/mol. The Morgan fingerprint density at radius 1 is 1.10 bits per heavy atom. The fourth-order valence-electron chi connectivity index (χ4n) is 2.62. The molecule has 1 N–H and O–H groups in total. The highest BCUT2D eigenvalue weighted by molar-refractivity contribution is 5.82. The highest BCUT2D eigenvalue weighted by Crippen LogP contribution is 2.16. The van der Waals surface area contributed by atoms with Crippen LogP contribution in [0, 0.1) is 11.3 Å². The van der Waals surface area contributed by atoms with Gasteiger partial charge >= 0.3 is 0 Å². The molecule has 1 amide bonds. The van der Waals surface area contributed by atoms with Crippen LogP contribution in [0.25, 0.3) is 0 Å². The second-order valence-corrected chi connectivity index (χ2v) is 7.57. The normalized spacial score (nSPS) is 14.4. The van der Waals surface area contributed by atoms with Gasteiger partial charge in [-0.1, -0.05) is 27.7 Å². The molecule has 0 aromatic carbocycles. The van der Waals surface area contributed by atoms with Crippen LogP contribution in [-0.4, -0.2) is 62.0 Å². The summed E-state index contributed by atoms with van der Waals surface area (Å²) < 4.78 is 0. The van der Waals surface area contributed by atoms with Gasteiger partial charge in [0.2, 0.25) is 5.91 Å². The first-order valence-electron chi connectivity index (χ1n) is 7.62. The summed E-state index contributed by atoms with van der Waals surface area (Å²) in [7, 11) is 6.15. The van der Waals surface area contributed by atoms with Crippen LogP contribution in [0.15, 0.2) is 0 Å². The Balaban J connectivity index is 4.63. The van der Waals surface area contributed by atoms with E-state index in [9.17, 15) is 4.79 Å². The molecule has 4 nitrogen and oxygen atoms in total. The van der Waals surface area contributed by atoms with Crippen LogP contribution in [0.2, 0.25) is 0 Å². The summed E-state index contributed by atoms with van der Waals surface area (Å²) in [6.07, 6.45) is 0. The molecule has 0 aliphatic rings. The van der Waals surface area contributed by atoms with E-state index in [0.29, 0.717) is 18.5 Å². The first-order valence-corrected chi connectivity index (χ1v) is 7.62. The quantitative estimate of drug-likeness (QED) is 0.741. The van der Waals surface area contributed by atoms with E-state index in [-0.39, 0.29) is 17.4 Å². The summed E-state index contributed by atoms with van der Waals surface area (Å²) in [4.78, 5) is 16.8. The van der Waals surface area contributed by atoms with Gasteiger partial charge in [0, 0.05) is 19.1 Å². The molecular weight excluding hydrogens is 250 g/mol. The third-order valence-electron chi connectivity index (χ3n) is 3.64. The van der Waals surface area contributed by atoms with Crippen LogP contribution in [0.5, 0.6) is 0 Å². The zero-order valence-electron chi connectivity index (χ0n) is 14.9. The van der Waals surface area contributed by atoms with E-state index in [0.717, 1.165) is 6.54 Å². The summed E-state index contributed by atoms with van der Waals surface area (Å²) in [6.45, 7) is 14.5. The van der Waals surface area contributed by atoms with Crippen molar-refractivity contribution < 1.29 is 4.79 Å². The van der Waals surface area contributed by atoms with E-state index in [4.69, 9.17) is 0 Å². The maximum atomic E-state index is 12.5. The number of hydrogen-bond donors (Lipinski definition) is 1. The molecule has 0 saturated carbocycles. The largest absolute Gasteiger partial charge is 0.354 e. The van der Waals surface area contributed by atoms with Crippen LogP contribution in [0.3, 0.4) is 0 Å². The Morgan fingerprint density at radius 3 is 1.95 bits per heavy atom. The highest BCUT2D eigenvalue weighted by atomic mass is 16.2. The smallest absolute Gasteiger partial charge is 0.237 e. The maximum absolute atomic E-state index is 12.5. The Kier molecular flexibility index (Phi) is 7.74. The lowest BCUT2D eigenvalue weighted by Gasteiger charge is -2.35. The Bertz CT molecular complexity index is 298. The molecule has 0 radical (unpaired) electrons. The molecule has 0 aliphatic carbocycles. The van der Waals surface area contributed by atoms with Crippen LogP contribution >= 0.6 is 0 Å².